The van der Waals surface area contributed by atoms with Gasteiger partial charge in [-0.1, -0.05) is 23.7 Å². The summed E-state index contributed by atoms with van der Waals surface area (Å²) in [7, 11) is 0. The van der Waals surface area contributed by atoms with E-state index in [1.807, 2.05) is 0 Å². The highest BCUT2D eigenvalue weighted by Crippen LogP contribution is 2.54. The molecular formula is C23H23ClF3N5O2S. The fourth-order valence-electron chi connectivity index (χ4n) is 5.04. The number of nitrogens with one attached hydrogen (secondary N) is 1. The first kappa shape index (κ1) is 24.1. The number of carbonyl (C=O) groups excluding carboxylic acids is 1. The Morgan fingerprint density at radius 3 is 2.77 bits per heavy atom. The van der Waals surface area contributed by atoms with Gasteiger partial charge in [-0.15, -0.1) is 24.5 Å². The van der Waals surface area contributed by atoms with Gasteiger partial charge in [-0.2, -0.15) is 5.10 Å². The summed E-state index contributed by atoms with van der Waals surface area (Å²) in [6.45, 7) is 4.53. The lowest BCUT2D eigenvalue weighted by molar-refractivity contribution is -0.274. The Morgan fingerprint density at radius 2 is 2.14 bits per heavy atom. The lowest BCUT2D eigenvalue weighted by atomic mass is 10.1. The molecule has 2 aromatic heterocycles. The SMILES string of the molecule is CC(c1n[nH]cc1Cl)N1CC2C(CN(Cc3cccc(OC(F)(F)F)c3)C(=O)c3cscn3)C2C1. The Hall–Kier alpha value is -2.63. The first-order chi connectivity index (χ1) is 16.7. The Bertz CT molecular complexity index is 1180. The largest absolute Gasteiger partial charge is 0.573 e. The van der Waals surface area contributed by atoms with E-state index in [-0.39, 0.29) is 24.2 Å². The average Bonchev–Trinajstić information content (AvgIpc) is 3.33. The van der Waals surface area contributed by atoms with Crippen molar-refractivity contribution in [2.24, 2.45) is 17.8 Å². The highest BCUT2D eigenvalue weighted by atomic mass is 35.5. The van der Waals surface area contributed by atoms with Crippen molar-refractivity contribution in [2.45, 2.75) is 25.9 Å². The zero-order valence-corrected chi connectivity index (χ0v) is 20.3. The molecule has 1 amide bonds. The number of H-pyrrole nitrogens is 1. The van der Waals surface area contributed by atoms with E-state index in [4.69, 9.17) is 11.6 Å². The molecule has 1 aliphatic heterocycles. The van der Waals surface area contributed by atoms with Crippen LogP contribution >= 0.6 is 22.9 Å². The summed E-state index contributed by atoms with van der Waals surface area (Å²) in [6.07, 6.45) is -3.10. The summed E-state index contributed by atoms with van der Waals surface area (Å²) in [4.78, 5) is 21.4. The Balaban J connectivity index is 1.26. The van der Waals surface area contributed by atoms with Crippen LogP contribution in [0.3, 0.4) is 0 Å². The van der Waals surface area contributed by atoms with E-state index >= 15 is 0 Å². The number of fused-ring (bicyclic) bond motifs is 1. The van der Waals surface area contributed by atoms with Gasteiger partial charge in [0.25, 0.3) is 5.91 Å². The van der Waals surface area contributed by atoms with Crippen LogP contribution in [0.2, 0.25) is 5.02 Å². The first-order valence-corrected chi connectivity index (χ1v) is 12.5. The van der Waals surface area contributed by atoms with E-state index in [9.17, 15) is 18.0 Å². The second kappa shape index (κ2) is 9.44. The number of nitrogens with zero attached hydrogens (tertiary/aromatic N) is 4. The molecular weight excluding hydrogens is 503 g/mol. The third-order valence-electron chi connectivity index (χ3n) is 6.84. The molecule has 1 saturated heterocycles. The number of likely N-dealkylation sites (tertiary alicyclic amines) is 1. The predicted molar refractivity (Wildman–Crippen MR) is 124 cm³/mol. The summed E-state index contributed by atoms with van der Waals surface area (Å²) in [5.74, 6) is 0.680. The number of aromatic nitrogens is 3. The van der Waals surface area contributed by atoms with E-state index in [0.29, 0.717) is 40.6 Å². The second-order valence-corrected chi connectivity index (χ2v) is 10.1. The molecule has 1 saturated carbocycles. The van der Waals surface area contributed by atoms with Gasteiger partial charge >= 0.3 is 6.36 Å². The number of benzene rings is 1. The Morgan fingerprint density at radius 1 is 1.37 bits per heavy atom. The van der Waals surface area contributed by atoms with E-state index in [1.165, 1.54) is 29.5 Å². The van der Waals surface area contributed by atoms with Crippen molar-refractivity contribution in [1.29, 1.82) is 0 Å². The minimum atomic E-state index is -4.77. The standard InChI is InChI=1S/C23H23ClF3N5O2S/c1-13(21-19(24)6-29-30-21)31-8-16-17(9-31)18(16)10-32(22(33)20-11-35-12-28-20)7-14-3-2-4-15(5-14)34-23(25,26)27/h2-6,11-13,16-18H,7-10H2,1H3,(H,29,30). The van der Waals surface area contributed by atoms with Crippen molar-refractivity contribution in [3.8, 4) is 5.75 Å². The van der Waals surface area contributed by atoms with Crippen molar-refractivity contribution in [3.05, 3.63) is 63.3 Å². The molecule has 35 heavy (non-hydrogen) atoms. The zero-order valence-electron chi connectivity index (χ0n) is 18.7. The maximum absolute atomic E-state index is 13.2. The molecule has 3 unspecified atom stereocenters. The van der Waals surface area contributed by atoms with Gasteiger partial charge < -0.3 is 9.64 Å². The number of halogens is 4. The van der Waals surface area contributed by atoms with Gasteiger partial charge in [0, 0.05) is 37.8 Å². The highest BCUT2D eigenvalue weighted by Gasteiger charge is 2.57. The normalized spacial score (nSPS) is 22.6. The Kier molecular flexibility index (Phi) is 6.49. The number of thiazole rings is 1. The van der Waals surface area contributed by atoms with Crippen molar-refractivity contribution in [1.82, 2.24) is 25.0 Å². The molecule has 2 fully saturated rings. The third-order valence-corrected chi connectivity index (χ3v) is 7.73. The van der Waals surface area contributed by atoms with Crippen LogP contribution in [-0.4, -0.2) is 56.9 Å². The monoisotopic (exact) mass is 525 g/mol. The topological polar surface area (TPSA) is 74.3 Å². The van der Waals surface area contributed by atoms with Crippen LogP contribution in [0.4, 0.5) is 13.2 Å². The molecule has 1 aromatic carbocycles. The molecule has 7 nitrogen and oxygen atoms in total. The number of amides is 1. The molecule has 2 aliphatic rings. The molecule has 0 radical (unpaired) electrons. The maximum Gasteiger partial charge on any atom is 0.573 e. The molecule has 1 aliphatic carbocycles. The van der Waals surface area contributed by atoms with Crippen LogP contribution in [-0.2, 0) is 6.54 Å². The summed E-state index contributed by atoms with van der Waals surface area (Å²) < 4.78 is 42.0. The predicted octanol–water partition coefficient (Wildman–Crippen LogP) is 5.00. The number of hydrogen-bond acceptors (Lipinski definition) is 6. The molecule has 3 heterocycles. The number of carbonyl (C=O) groups is 1. The fourth-order valence-corrected chi connectivity index (χ4v) is 5.81. The fraction of sp³-hybridized carbons (Fsp3) is 0.435. The zero-order chi connectivity index (χ0) is 24.7. The van der Waals surface area contributed by atoms with Crippen LogP contribution < -0.4 is 4.74 Å². The molecule has 0 bridgehead atoms. The lowest BCUT2D eigenvalue weighted by Crippen LogP contribution is -2.35. The van der Waals surface area contributed by atoms with Crippen LogP contribution in [0.1, 0.15) is 34.7 Å². The van der Waals surface area contributed by atoms with Gasteiger partial charge in [0.2, 0.25) is 0 Å². The second-order valence-electron chi connectivity index (χ2n) is 8.99. The lowest BCUT2D eigenvalue weighted by Gasteiger charge is -2.28. The van der Waals surface area contributed by atoms with Crippen LogP contribution in [0.15, 0.2) is 41.4 Å². The third kappa shape index (κ3) is 5.31. The van der Waals surface area contributed by atoms with Gasteiger partial charge in [0.05, 0.1) is 22.3 Å². The van der Waals surface area contributed by atoms with Crippen molar-refractivity contribution in [3.63, 3.8) is 0 Å². The van der Waals surface area contributed by atoms with Crippen molar-refractivity contribution in [2.75, 3.05) is 19.6 Å². The molecule has 3 atom stereocenters. The molecule has 3 aromatic rings. The first-order valence-electron chi connectivity index (χ1n) is 11.1. The van der Waals surface area contributed by atoms with Gasteiger partial charge in [-0.25, -0.2) is 4.98 Å². The van der Waals surface area contributed by atoms with Gasteiger partial charge in [0.1, 0.15) is 11.4 Å². The van der Waals surface area contributed by atoms with Crippen molar-refractivity contribution < 1.29 is 22.7 Å². The van der Waals surface area contributed by atoms with Crippen LogP contribution in [0.25, 0.3) is 0 Å². The molecule has 12 heteroatoms. The number of ether oxygens (including phenoxy) is 1. The van der Waals surface area contributed by atoms with Gasteiger partial charge in [0.15, 0.2) is 0 Å². The number of aromatic amines is 1. The number of rotatable bonds is 8. The quantitative estimate of drug-likeness (QED) is 0.448. The van der Waals surface area contributed by atoms with E-state index in [1.54, 1.807) is 28.1 Å². The van der Waals surface area contributed by atoms with Crippen LogP contribution in [0, 0.1) is 17.8 Å². The molecule has 5 rings (SSSR count). The smallest absolute Gasteiger partial charge is 0.406 e. The number of piperidine rings is 1. The van der Waals surface area contributed by atoms with Gasteiger partial charge in [-0.05, 0) is 42.4 Å². The number of hydrogen-bond donors (Lipinski definition) is 1. The van der Waals surface area contributed by atoms with E-state index in [2.05, 4.69) is 31.7 Å². The molecule has 1 N–H and O–H groups in total. The number of alkyl halides is 3. The average molecular weight is 526 g/mol. The minimum absolute atomic E-state index is 0.0892. The summed E-state index contributed by atoms with van der Waals surface area (Å²) in [6, 6.07) is 5.84. The highest BCUT2D eigenvalue weighted by molar-refractivity contribution is 7.07. The van der Waals surface area contributed by atoms with Crippen molar-refractivity contribution >= 4 is 28.8 Å². The summed E-state index contributed by atoms with van der Waals surface area (Å²) in [5.41, 5.74) is 3.32. The molecule has 0 spiro atoms. The Labute approximate surface area is 208 Å². The summed E-state index contributed by atoms with van der Waals surface area (Å²) in [5, 5.41) is 9.35. The summed E-state index contributed by atoms with van der Waals surface area (Å²) >= 11 is 7.55. The molecule has 186 valence electrons. The van der Waals surface area contributed by atoms with Gasteiger partial charge in [-0.3, -0.25) is 14.8 Å². The van der Waals surface area contributed by atoms with E-state index in [0.717, 1.165) is 18.8 Å². The maximum atomic E-state index is 13.2. The van der Waals surface area contributed by atoms with E-state index < -0.39 is 6.36 Å². The van der Waals surface area contributed by atoms with Crippen LogP contribution in [0.5, 0.6) is 5.75 Å². The minimum Gasteiger partial charge on any atom is -0.406 e.